The molecule has 0 saturated heterocycles. The fourth-order valence-electron chi connectivity index (χ4n) is 2.58. The maximum atomic E-state index is 10.7. The van der Waals surface area contributed by atoms with Crippen molar-refractivity contribution in [2.75, 3.05) is 13.7 Å². The van der Waals surface area contributed by atoms with Crippen LogP contribution in [-0.2, 0) is 4.74 Å². The third-order valence-electron chi connectivity index (χ3n) is 3.83. The summed E-state index contributed by atoms with van der Waals surface area (Å²) < 4.78 is 11.4. The average molecular weight is 294 g/mol. The van der Waals surface area contributed by atoms with Crippen molar-refractivity contribution in [1.29, 1.82) is 0 Å². The fraction of sp³-hybridized carbons (Fsp3) is 0.600. The highest BCUT2D eigenvalue weighted by Crippen LogP contribution is 2.31. The van der Waals surface area contributed by atoms with E-state index in [-0.39, 0.29) is 17.9 Å². The van der Waals surface area contributed by atoms with Crippen molar-refractivity contribution in [2.24, 2.45) is 0 Å². The molecule has 21 heavy (non-hydrogen) atoms. The molecule has 0 aromatic heterocycles. The van der Waals surface area contributed by atoms with Crippen LogP contribution in [0.3, 0.4) is 0 Å². The van der Waals surface area contributed by atoms with Crippen LogP contribution < -0.4 is 10.1 Å². The van der Waals surface area contributed by atoms with Gasteiger partial charge in [-0.25, -0.2) is 0 Å². The summed E-state index contributed by atoms with van der Waals surface area (Å²) >= 11 is 0. The number of nitro benzene ring substituents is 1. The number of ether oxygens (including phenoxy) is 2. The second-order valence-electron chi connectivity index (χ2n) is 5.36. The van der Waals surface area contributed by atoms with Crippen LogP contribution in [0.4, 0.5) is 5.69 Å². The highest BCUT2D eigenvalue weighted by atomic mass is 16.6. The van der Waals surface area contributed by atoms with E-state index in [0.717, 1.165) is 24.9 Å². The van der Waals surface area contributed by atoms with Crippen molar-refractivity contribution in [3.8, 4) is 5.75 Å². The fourth-order valence-corrected chi connectivity index (χ4v) is 2.58. The van der Waals surface area contributed by atoms with Gasteiger partial charge in [0.2, 0.25) is 0 Å². The Morgan fingerprint density at radius 3 is 2.81 bits per heavy atom. The number of nitrogens with zero attached hydrogens (tertiary/aromatic N) is 1. The van der Waals surface area contributed by atoms with Crippen molar-refractivity contribution in [1.82, 2.24) is 5.32 Å². The molecule has 116 valence electrons. The molecule has 0 aliphatic heterocycles. The molecule has 1 aliphatic rings. The first kappa shape index (κ1) is 15.7. The molecule has 1 saturated carbocycles. The largest absolute Gasteiger partial charge is 0.487 e. The number of non-ortho nitro benzene ring substituents is 1. The lowest BCUT2D eigenvalue weighted by atomic mass is 9.85. The van der Waals surface area contributed by atoms with Crippen molar-refractivity contribution in [3.63, 3.8) is 0 Å². The molecule has 3 unspecified atom stereocenters. The average Bonchev–Trinajstić information content (AvgIpc) is 2.43. The number of aryl methyl sites for hydroxylation is 1. The topological polar surface area (TPSA) is 73.6 Å². The summed E-state index contributed by atoms with van der Waals surface area (Å²) in [6, 6.07) is 4.98. The number of rotatable bonds is 7. The summed E-state index contributed by atoms with van der Waals surface area (Å²) in [7, 11) is 1.68. The van der Waals surface area contributed by atoms with E-state index in [9.17, 15) is 10.1 Å². The molecule has 1 fully saturated rings. The maximum absolute atomic E-state index is 10.7. The lowest BCUT2D eigenvalue weighted by Gasteiger charge is -2.43. The quantitative estimate of drug-likeness (QED) is 0.617. The van der Waals surface area contributed by atoms with Crippen molar-refractivity contribution < 1.29 is 14.4 Å². The van der Waals surface area contributed by atoms with Gasteiger partial charge in [-0.1, -0.05) is 6.92 Å². The standard InChI is InChI=1S/C15H22N2O4/c1-4-7-16-12-9-14(15(12)20-3)21-13-6-5-11(17(18)19)8-10(13)2/h5-6,8,12,14-16H,4,7,9H2,1-3H3. The Morgan fingerprint density at radius 2 is 2.24 bits per heavy atom. The highest BCUT2D eigenvalue weighted by molar-refractivity contribution is 5.43. The highest BCUT2D eigenvalue weighted by Gasteiger charge is 2.43. The molecule has 6 heteroatoms. The molecule has 1 N–H and O–H groups in total. The first-order valence-corrected chi connectivity index (χ1v) is 7.24. The van der Waals surface area contributed by atoms with E-state index in [4.69, 9.17) is 9.47 Å². The Hall–Kier alpha value is -1.66. The van der Waals surface area contributed by atoms with Gasteiger partial charge in [-0.15, -0.1) is 0 Å². The smallest absolute Gasteiger partial charge is 0.269 e. The minimum atomic E-state index is -0.400. The summed E-state index contributed by atoms with van der Waals surface area (Å²) in [6.45, 7) is 4.91. The van der Waals surface area contributed by atoms with Crippen LogP contribution in [0.5, 0.6) is 5.75 Å². The minimum Gasteiger partial charge on any atom is -0.487 e. The van der Waals surface area contributed by atoms with Crippen molar-refractivity contribution in [2.45, 2.75) is 44.9 Å². The zero-order valence-electron chi connectivity index (χ0n) is 12.7. The Morgan fingerprint density at radius 1 is 1.48 bits per heavy atom. The maximum Gasteiger partial charge on any atom is 0.269 e. The molecule has 0 spiro atoms. The van der Waals surface area contributed by atoms with E-state index < -0.39 is 4.92 Å². The van der Waals surface area contributed by atoms with Gasteiger partial charge in [-0.3, -0.25) is 10.1 Å². The molecule has 6 nitrogen and oxygen atoms in total. The van der Waals surface area contributed by atoms with Crippen LogP contribution in [-0.4, -0.2) is 36.8 Å². The van der Waals surface area contributed by atoms with Gasteiger partial charge in [0.25, 0.3) is 5.69 Å². The van der Waals surface area contributed by atoms with E-state index in [1.54, 1.807) is 13.2 Å². The molecular formula is C15H22N2O4. The summed E-state index contributed by atoms with van der Waals surface area (Å²) in [5, 5.41) is 14.2. The molecule has 1 aliphatic carbocycles. The predicted octanol–water partition coefficient (Wildman–Crippen LogP) is 2.44. The third-order valence-corrected chi connectivity index (χ3v) is 3.83. The first-order chi connectivity index (χ1) is 10.1. The summed E-state index contributed by atoms with van der Waals surface area (Å²) in [4.78, 5) is 10.3. The van der Waals surface area contributed by atoms with E-state index in [1.165, 1.54) is 12.1 Å². The van der Waals surface area contributed by atoms with Crippen LogP contribution in [0.1, 0.15) is 25.3 Å². The van der Waals surface area contributed by atoms with Gasteiger partial charge in [0.05, 0.1) is 4.92 Å². The molecule has 0 bridgehead atoms. The first-order valence-electron chi connectivity index (χ1n) is 7.24. The zero-order chi connectivity index (χ0) is 15.4. The number of hydrogen-bond donors (Lipinski definition) is 1. The van der Waals surface area contributed by atoms with Crippen LogP contribution in [0.2, 0.25) is 0 Å². The lowest BCUT2D eigenvalue weighted by molar-refractivity contribution is -0.384. The Balaban J connectivity index is 1.98. The van der Waals surface area contributed by atoms with Gasteiger partial charge < -0.3 is 14.8 Å². The second kappa shape index (κ2) is 6.87. The minimum absolute atomic E-state index is 0.00971. The molecule has 0 amide bonds. The molecule has 3 atom stereocenters. The molecule has 0 heterocycles. The normalized spacial score (nSPS) is 24.4. The van der Waals surface area contributed by atoms with Gasteiger partial charge >= 0.3 is 0 Å². The van der Waals surface area contributed by atoms with Crippen LogP contribution >= 0.6 is 0 Å². The van der Waals surface area contributed by atoms with E-state index in [0.29, 0.717) is 11.8 Å². The summed E-state index contributed by atoms with van der Waals surface area (Å²) in [6.07, 6.45) is 1.98. The van der Waals surface area contributed by atoms with Crippen LogP contribution in [0, 0.1) is 17.0 Å². The third kappa shape index (κ3) is 3.51. The molecule has 1 aromatic carbocycles. The lowest BCUT2D eigenvalue weighted by Crippen LogP contribution is -2.61. The van der Waals surface area contributed by atoms with Crippen molar-refractivity contribution in [3.05, 3.63) is 33.9 Å². The summed E-state index contributed by atoms with van der Waals surface area (Å²) in [5.41, 5.74) is 0.850. The van der Waals surface area contributed by atoms with E-state index >= 15 is 0 Å². The van der Waals surface area contributed by atoms with Gasteiger partial charge in [-0.05, 0) is 31.5 Å². The van der Waals surface area contributed by atoms with E-state index in [2.05, 4.69) is 12.2 Å². The van der Waals surface area contributed by atoms with Gasteiger partial charge in [0.15, 0.2) is 0 Å². The van der Waals surface area contributed by atoms with Crippen molar-refractivity contribution >= 4 is 5.69 Å². The zero-order valence-corrected chi connectivity index (χ0v) is 12.7. The second-order valence-corrected chi connectivity index (χ2v) is 5.36. The number of nitrogens with one attached hydrogen (secondary N) is 1. The number of hydrogen-bond acceptors (Lipinski definition) is 5. The SMILES string of the molecule is CCCNC1CC(Oc2ccc([N+](=O)[O-])cc2C)C1OC. The predicted molar refractivity (Wildman–Crippen MR) is 79.7 cm³/mol. The molecule has 1 aromatic rings. The van der Waals surface area contributed by atoms with Gasteiger partial charge in [0, 0.05) is 31.7 Å². The number of benzene rings is 1. The molecular weight excluding hydrogens is 272 g/mol. The summed E-state index contributed by atoms with van der Waals surface area (Å²) in [5.74, 6) is 0.682. The Labute approximate surface area is 124 Å². The van der Waals surface area contributed by atoms with E-state index in [1.807, 2.05) is 6.92 Å². The van der Waals surface area contributed by atoms with Gasteiger partial charge in [0.1, 0.15) is 18.0 Å². The van der Waals surface area contributed by atoms with Crippen LogP contribution in [0.15, 0.2) is 18.2 Å². The Bertz CT molecular complexity index is 506. The monoisotopic (exact) mass is 294 g/mol. The Kier molecular flexibility index (Phi) is 5.14. The van der Waals surface area contributed by atoms with Gasteiger partial charge in [-0.2, -0.15) is 0 Å². The molecule has 0 radical (unpaired) electrons. The van der Waals surface area contributed by atoms with Crippen LogP contribution in [0.25, 0.3) is 0 Å². The number of methoxy groups -OCH3 is 1. The molecule has 2 rings (SSSR count). The number of nitro groups is 1.